The largest absolute Gasteiger partial charge is 0.388 e. The first kappa shape index (κ1) is 25.2. The third kappa shape index (κ3) is 9.96. The lowest BCUT2D eigenvalue weighted by molar-refractivity contribution is 0.168. The van der Waals surface area contributed by atoms with E-state index >= 15 is 0 Å². The Kier molecular flexibility index (Phi) is 13.1. The minimum absolute atomic E-state index is 0. The highest BCUT2D eigenvalue weighted by Crippen LogP contribution is 2.15. The molecule has 0 aliphatic carbocycles. The fraction of sp³-hybridized carbons (Fsp3) is 0.409. The topological polar surface area (TPSA) is 77.9 Å². The summed E-state index contributed by atoms with van der Waals surface area (Å²) in [5.41, 5.74) is 3.15. The molecule has 7 heteroatoms. The van der Waals surface area contributed by atoms with Gasteiger partial charge < -0.3 is 25.8 Å². The van der Waals surface area contributed by atoms with Crippen molar-refractivity contribution in [1.29, 1.82) is 0 Å². The predicted molar refractivity (Wildman–Crippen MR) is 131 cm³/mol. The second kappa shape index (κ2) is 15.1. The normalized spacial score (nSPS) is 12.0. The summed E-state index contributed by atoms with van der Waals surface area (Å²) in [4.78, 5) is 4.63. The van der Waals surface area contributed by atoms with Gasteiger partial charge in [-0.1, -0.05) is 42.5 Å². The summed E-state index contributed by atoms with van der Waals surface area (Å²) in [6.45, 7) is 5.53. The Labute approximate surface area is 191 Å². The number of ether oxygens (including phenoxy) is 1. The number of halogens is 1. The van der Waals surface area contributed by atoms with Gasteiger partial charge >= 0.3 is 0 Å². The number of benzene rings is 2. The highest BCUT2D eigenvalue weighted by atomic mass is 127. The zero-order valence-electron chi connectivity index (χ0n) is 17.2. The van der Waals surface area contributed by atoms with E-state index in [0.717, 1.165) is 35.9 Å². The molecule has 4 N–H and O–H groups in total. The third-order valence-corrected chi connectivity index (χ3v) is 4.25. The monoisotopic (exact) mass is 512 g/mol. The van der Waals surface area contributed by atoms with Gasteiger partial charge in [0, 0.05) is 32.4 Å². The molecule has 0 saturated heterocycles. The fourth-order valence-electron chi connectivity index (χ4n) is 2.71. The molecule has 0 amide bonds. The van der Waals surface area contributed by atoms with Crippen molar-refractivity contribution < 1.29 is 9.84 Å². The molecule has 0 fully saturated rings. The Morgan fingerprint density at radius 1 is 1.03 bits per heavy atom. The lowest BCUT2D eigenvalue weighted by Crippen LogP contribution is -2.38. The second-order valence-electron chi connectivity index (χ2n) is 6.45. The number of aliphatic imine (C=N–C) groups is 1. The van der Waals surface area contributed by atoms with Gasteiger partial charge in [0.1, 0.15) is 0 Å². The molecule has 0 saturated carbocycles. The second-order valence-corrected chi connectivity index (χ2v) is 6.45. The van der Waals surface area contributed by atoms with E-state index in [0.29, 0.717) is 26.1 Å². The van der Waals surface area contributed by atoms with E-state index in [2.05, 4.69) is 45.2 Å². The summed E-state index contributed by atoms with van der Waals surface area (Å²) in [6, 6.07) is 18.0. The van der Waals surface area contributed by atoms with Crippen LogP contribution in [0.1, 0.15) is 30.6 Å². The number of aliphatic hydroxyl groups excluding tert-OH is 1. The van der Waals surface area contributed by atoms with E-state index in [1.54, 1.807) is 7.11 Å². The Balaban J connectivity index is 0.00000420. The maximum absolute atomic E-state index is 10.3. The van der Waals surface area contributed by atoms with Crippen LogP contribution in [0.15, 0.2) is 59.6 Å². The van der Waals surface area contributed by atoms with Gasteiger partial charge in [0.05, 0.1) is 19.3 Å². The van der Waals surface area contributed by atoms with Crippen LogP contribution < -0.4 is 16.0 Å². The van der Waals surface area contributed by atoms with E-state index < -0.39 is 6.10 Å². The molecule has 0 bridgehead atoms. The molecule has 0 spiro atoms. The number of guanidine groups is 1. The van der Waals surface area contributed by atoms with E-state index in [1.165, 1.54) is 0 Å². The van der Waals surface area contributed by atoms with Crippen molar-refractivity contribution in [3.8, 4) is 0 Å². The lowest BCUT2D eigenvalue weighted by Gasteiger charge is -2.14. The van der Waals surface area contributed by atoms with Crippen molar-refractivity contribution in [2.75, 3.05) is 38.7 Å². The quantitative estimate of drug-likeness (QED) is 0.160. The van der Waals surface area contributed by atoms with E-state index in [4.69, 9.17) is 4.74 Å². The van der Waals surface area contributed by atoms with E-state index in [1.807, 2.05) is 37.3 Å². The summed E-state index contributed by atoms with van der Waals surface area (Å²) in [5, 5.41) is 20.1. The number of anilines is 1. The Morgan fingerprint density at radius 3 is 2.41 bits per heavy atom. The van der Waals surface area contributed by atoms with Gasteiger partial charge in [-0.05, 0) is 36.6 Å². The zero-order valence-corrected chi connectivity index (χ0v) is 19.6. The number of rotatable bonds is 11. The summed E-state index contributed by atoms with van der Waals surface area (Å²) in [6.07, 6.45) is 0.144. The van der Waals surface area contributed by atoms with Crippen LogP contribution in [-0.4, -0.2) is 44.4 Å². The first-order chi connectivity index (χ1) is 13.7. The molecule has 2 rings (SSSR count). The van der Waals surface area contributed by atoms with Gasteiger partial charge in [0.2, 0.25) is 0 Å². The third-order valence-electron chi connectivity index (χ3n) is 4.25. The average Bonchev–Trinajstić information content (AvgIpc) is 2.73. The van der Waals surface area contributed by atoms with Gasteiger partial charge in [-0.25, -0.2) is 4.99 Å². The number of nitrogens with one attached hydrogen (secondary N) is 3. The summed E-state index contributed by atoms with van der Waals surface area (Å²) >= 11 is 0. The summed E-state index contributed by atoms with van der Waals surface area (Å²) in [5.74, 6) is 0.755. The number of aliphatic hydroxyl groups is 1. The molecular formula is C22H33IN4O2. The standard InChI is InChI=1S/C22H32N4O2.HI/c1-3-23-22(25-14-13-21(27)19-7-5-4-6-8-19)26-17-18-9-11-20(12-10-18)24-15-16-28-2;/h4-12,21,24,27H,3,13-17H2,1-2H3,(H2,23,25,26);1H. The highest BCUT2D eigenvalue weighted by Gasteiger charge is 2.07. The number of hydrogen-bond donors (Lipinski definition) is 4. The fourth-order valence-corrected chi connectivity index (χ4v) is 2.71. The van der Waals surface area contributed by atoms with Gasteiger partial charge in [-0.3, -0.25) is 0 Å². The maximum Gasteiger partial charge on any atom is 0.191 e. The Bertz CT molecular complexity index is 696. The molecule has 29 heavy (non-hydrogen) atoms. The van der Waals surface area contributed by atoms with Crippen molar-refractivity contribution >= 4 is 35.6 Å². The first-order valence-corrected chi connectivity index (χ1v) is 9.80. The van der Waals surface area contributed by atoms with Crippen LogP contribution in [0.3, 0.4) is 0 Å². The molecule has 2 aromatic carbocycles. The zero-order chi connectivity index (χ0) is 20.0. The van der Waals surface area contributed by atoms with Crippen LogP contribution in [0, 0.1) is 0 Å². The number of methoxy groups -OCH3 is 1. The molecule has 1 unspecified atom stereocenters. The van der Waals surface area contributed by atoms with Crippen molar-refractivity contribution in [2.24, 2.45) is 4.99 Å². The first-order valence-electron chi connectivity index (χ1n) is 9.80. The van der Waals surface area contributed by atoms with Crippen LogP contribution in [0.25, 0.3) is 0 Å². The summed E-state index contributed by atoms with van der Waals surface area (Å²) < 4.78 is 5.04. The van der Waals surface area contributed by atoms with Gasteiger partial charge in [-0.15, -0.1) is 24.0 Å². The molecule has 6 nitrogen and oxygen atoms in total. The average molecular weight is 512 g/mol. The highest BCUT2D eigenvalue weighted by molar-refractivity contribution is 14.0. The van der Waals surface area contributed by atoms with Gasteiger partial charge in [0.15, 0.2) is 5.96 Å². The molecule has 2 aromatic rings. The van der Waals surface area contributed by atoms with Crippen LogP contribution in [0.5, 0.6) is 0 Å². The molecule has 160 valence electrons. The van der Waals surface area contributed by atoms with Crippen molar-refractivity contribution in [3.63, 3.8) is 0 Å². The minimum atomic E-state index is -0.477. The SMILES string of the molecule is CCNC(=NCc1ccc(NCCOC)cc1)NCCC(O)c1ccccc1.I. The van der Waals surface area contributed by atoms with Crippen molar-refractivity contribution in [1.82, 2.24) is 10.6 Å². The Hall–Kier alpha value is -1.84. The van der Waals surface area contributed by atoms with Crippen molar-refractivity contribution in [2.45, 2.75) is 26.0 Å². The molecule has 1 atom stereocenters. The van der Waals surface area contributed by atoms with E-state index in [-0.39, 0.29) is 24.0 Å². The molecule has 0 aliphatic heterocycles. The van der Waals surface area contributed by atoms with Gasteiger partial charge in [0.25, 0.3) is 0 Å². The van der Waals surface area contributed by atoms with Crippen LogP contribution in [0.4, 0.5) is 5.69 Å². The predicted octanol–water partition coefficient (Wildman–Crippen LogP) is 3.54. The van der Waals surface area contributed by atoms with Crippen LogP contribution >= 0.6 is 24.0 Å². The molecule has 0 heterocycles. The van der Waals surface area contributed by atoms with Crippen molar-refractivity contribution in [3.05, 3.63) is 65.7 Å². The van der Waals surface area contributed by atoms with E-state index in [9.17, 15) is 5.11 Å². The molecule has 0 radical (unpaired) electrons. The smallest absolute Gasteiger partial charge is 0.191 e. The van der Waals surface area contributed by atoms with Crippen LogP contribution in [0.2, 0.25) is 0 Å². The van der Waals surface area contributed by atoms with Crippen LogP contribution in [-0.2, 0) is 11.3 Å². The minimum Gasteiger partial charge on any atom is -0.388 e. The lowest BCUT2D eigenvalue weighted by atomic mass is 10.1. The molecular weight excluding hydrogens is 479 g/mol. The Morgan fingerprint density at radius 2 is 1.76 bits per heavy atom. The summed E-state index contributed by atoms with van der Waals surface area (Å²) in [7, 11) is 1.70. The number of hydrogen-bond acceptors (Lipinski definition) is 4. The number of nitrogens with zero attached hydrogens (tertiary/aromatic N) is 1. The molecule has 0 aromatic heterocycles. The molecule has 0 aliphatic rings. The maximum atomic E-state index is 10.3. The van der Waals surface area contributed by atoms with Gasteiger partial charge in [-0.2, -0.15) is 0 Å².